The van der Waals surface area contributed by atoms with Gasteiger partial charge < -0.3 is 5.11 Å². The minimum atomic E-state index is 0.0347. The molecule has 0 bridgehead atoms. The number of hydrogen-bond donors (Lipinski definition) is 1. The van der Waals surface area contributed by atoms with Gasteiger partial charge in [0.25, 0.3) is 0 Å². The molecule has 0 spiro atoms. The lowest BCUT2D eigenvalue weighted by Gasteiger charge is -1.91. The molecule has 1 rings (SSSR count). The van der Waals surface area contributed by atoms with Crippen LogP contribution in [0.2, 0.25) is 0 Å². The van der Waals surface area contributed by atoms with E-state index < -0.39 is 0 Å². The van der Waals surface area contributed by atoms with Crippen LogP contribution in [0.5, 0.6) is 5.75 Å². The maximum absolute atomic E-state index is 10.1. The van der Waals surface area contributed by atoms with Gasteiger partial charge in [-0.2, -0.15) is 0 Å². The van der Waals surface area contributed by atoms with Crippen molar-refractivity contribution in [2.75, 3.05) is 0 Å². The molecule has 0 fully saturated rings. The zero-order valence-corrected chi connectivity index (χ0v) is 10.3. The summed E-state index contributed by atoms with van der Waals surface area (Å²) in [5.41, 5.74) is 0.331. The van der Waals surface area contributed by atoms with E-state index >= 15 is 0 Å². The lowest BCUT2D eigenvalue weighted by molar-refractivity contribution is 0.112. The summed E-state index contributed by atoms with van der Waals surface area (Å²) in [6.07, 6.45) is 0.620. The fourth-order valence-electron chi connectivity index (χ4n) is 0.587. The second-order valence-corrected chi connectivity index (χ2v) is 1.68. The van der Waals surface area contributed by atoms with Gasteiger partial charge in [0, 0.05) is 0 Å². The summed E-state index contributed by atoms with van der Waals surface area (Å²) in [5, 5.41) is 8.88. The molecule has 0 atom stereocenters. The summed E-state index contributed by atoms with van der Waals surface area (Å²) in [7, 11) is 0. The smallest absolute Gasteiger partial charge is 0.153 e. The molecule has 0 aliphatic heterocycles. The molecule has 15 heavy (non-hydrogen) atoms. The average molecular weight is 237 g/mol. The number of aldehydes is 1. The van der Waals surface area contributed by atoms with Crippen molar-refractivity contribution in [1.82, 2.24) is 0 Å². The standard InChI is InChI=1S/C7H6O2.2C2H6.ClF/c8-5-6-3-1-2-4-7(6)9;3*1-2/h1-5,9H;2*1-2H3;. The Morgan fingerprint density at radius 2 is 1.53 bits per heavy atom. The van der Waals surface area contributed by atoms with Gasteiger partial charge >= 0.3 is 0 Å². The monoisotopic (exact) mass is 236 g/mol. The highest BCUT2D eigenvalue weighted by Crippen LogP contribution is 2.11. The van der Waals surface area contributed by atoms with Crippen molar-refractivity contribution in [3.05, 3.63) is 29.8 Å². The molecule has 0 saturated carbocycles. The van der Waals surface area contributed by atoms with Crippen LogP contribution in [-0.2, 0) is 0 Å². The molecule has 0 heterocycles. The SMILES string of the molecule is CC.CC.FCl.O=Cc1ccccc1O. The summed E-state index contributed by atoms with van der Waals surface area (Å²) in [6, 6.07) is 6.40. The molecule has 0 aliphatic rings. The van der Waals surface area contributed by atoms with Gasteiger partial charge in [0.2, 0.25) is 0 Å². The van der Waals surface area contributed by atoms with Crippen LogP contribution in [0, 0.1) is 0 Å². The highest BCUT2D eigenvalue weighted by molar-refractivity contribution is 6.06. The van der Waals surface area contributed by atoms with Gasteiger partial charge in [0.05, 0.1) is 5.56 Å². The molecule has 2 nitrogen and oxygen atoms in total. The molecule has 0 aromatic heterocycles. The number of carbonyl (C=O) groups is 1. The quantitative estimate of drug-likeness (QED) is 0.736. The fourth-order valence-corrected chi connectivity index (χ4v) is 0.587. The Labute approximate surface area is 95.9 Å². The number of carbonyl (C=O) groups excluding carboxylic acids is 1. The van der Waals surface area contributed by atoms with Crippen molar-refractivity contribution in [3.63, 3.8) is 0 Å². The number of halogens is 2. The van der Waals surface area contributed by atoms with Crippen molar-refractivity contribution < 1.29 is 13.9 Å². The predicted octanol–water partition coefficient (Wildman–Crippen LogP) is 4.37. The number of rotatable bonds is 1. The number of phenols is 1. The molecule has 0 saturated heterocycles. The molecular formula is C11H18ClFO2. The fraction of sp³-hybridized carbons (Fsp3) is 0.364. The summed E-state index contributed by atoms with van der Waals surface area (Å²) in [5.74, 6) is 0.0347. The van der Waals surface area contributed by atoms with E-state index in [0.717, 1.165) is 0 Å². The van der Waals surface area contributed by atoms with E-state index in [4.69, 9.17) is 9.09 Å². The first-order valence-electron chi connectivity index (χ1n) is 4.72. The Kier molecular flexibility index (Phi) is 24.2. The van der Waals surface area contributed by atoms with Crippen molar-refractivity contribution in [2.24, 2.45) is 0 Å². The predicted molar refractivity (Wildman–Crippen MR) is 63.2 cm³/mol. The first-order chi connectivity index (χ1) is 7.34. The first-order valence-corrected chi connectivity index (χ1v) is 5.00. The minimum Gasteiger partial charge on any atom is -0.507 e. The Morgan fingerprint density at radius 1 is 1.13 bits per heavy atom. The van der Waals surface area contributed by atoms with Crippen LogP contribution in [0.25, 0.3) is 0 Å². The molecule has 0 amide bonds. The van der Waals surface area contributed by atoms with E-state index in [2.05, 4.69) is 12.0 Å². The summed E-state index contributed by atoms with van der Waals surface area (Å²) in [6.45, 7) is 8.00. The second-order valence-electron chi connectivity index (χ2n) is 1.68. The number of phenolic OH excluding ortho intramolecular Hbond substituents is 1. The minimum absolute atomic E-state index is 0.0347. The average Bonchev–Trinajstić information content (AvgIpc) is 2.37. The largest absolute Gasteiger partial charge is 0.507 e. The zero-order valence-electron chi connectivity index (χ0n) is 9.50. The van der Waals surface area contributed by atoms with Gasteiger partial charge in [0.15, 0.2) is 6.29 Å². The van der Waals surface area contributed by atoms with Crippen LogP contribution >= 0.6 is 12.0 Å². The molecule has 0 unspecified atom stereocenters. The third-order valence-corrected chi connectivity index (χ3v) is 1.06. The lowest BCUT2D eigenvalue weighted by Crippen LogP contribution is -1.77. The Hall–Kier alpha value is -1.09. The molecule has 1 aromatic carbocycles. The first kappa shape index (κ1) is 19.5. The van der Waals surface area contributed by atoms with Gasteiger partial charge in [-0.15, -0.1) is 3.98 Å². The van der Waals surface area contributed by atoms with Crippen LogP contribution in [0.3, 0.4) is 0 Å². The van der Waals surface area contributed by atoms with Gasteiger partial charge in [-0.1, -0.05) is 39.8 Å². The van der Waals surface area contributed by atoms with E-state index in [9.17, 15) is 4.79 Å². The normalized spacial score (nSPS) is 6.53. The molecular weight excluding hydrogens is 219 g/mol. The summed E-state index contributed by atoms with van der Waals surface area (Å²) in [4.78, 5) is 10.1. The van der Waals surface area contributed by atoms with Crippen LogP contribution in [0.15, 0.2) is 24.3 Å². The van der Waals surface area contributed by atoms with Gasteiger partial charge in [-0.05, 0) is 12.1 Å². The van der Waals surface area contributed by atoms with Gasteiger partial charge in [-0.3, -0.25) is 4.79 Å². The van der Waals surface area contributed by atoms with Crippen LogP contribution in [0.1, 0.15) is 38.1 Å². The number of hydrogen-bond acceptors (Lipinski definition) is 2. The maximum Gasteiger partial charge on any atom is 0.153 e. The Balaban J connectivity index is -0.000000208. The van der Waals surface area contributed by atoms with E-state index in [0.29, 0.717) is 11.8 Å². The molecule has 4 heteroatoms. The van der Waals surface area contributed by atoms with E-state index in [1.165, 1.54) is 6.07 Å². The van der Waals surface area contributed by atoms with Crippen molar-refractivity contribution in [2.45, 2.75) is 27.7 Å². The summed E-state index contributed by atoms with van der Waals surface area (Å²) < 4.78 is 8.97. The molecule has 1 N–H and O–H groups in total. The highest BCUT2D eigenvalue weighted by Gasteiger charge is 1.93. The lowest BCUT2D eigenvalue weighted by atomic mass is 10.2. The van der Waals surface area contributed by atoms with Gasteiger partial charge in [-0.25, -0.2) is 0 Å². The number of benzene rings is 1. The van der Waals surface area contributed by atoms with Crippen molar-refractivity contribution in [3.8, 4) is 5.75 Å². The van der Waals surface area contributed by atoms with E-state index in [-0.39, 0.29) is 5.75 Å². The van der Waals surface area contributed by atoms with Crippen LogP contribution < -0.4 is 0 Å². The Morgan fingerprint density at radius 3 is 1.80 bits per heavy atom. The van der Waals surface area contributed by atoms with E-state index in [1.54, 1.807) is 18.2 Å². The van der Waals surface area contributed by atoms with Crippen molar-refractivity contribution >= 4 is 18.3 Å². The molecule has 1 aromatic rings. The third-order valence-electron chi connectivity index (χ3n) is 1.06. The molecule has 0 aliphatic carbocycles. The van der Waals surface area contributed by atoms with Crippen molar-refractivity contribution in [1.29, 1.82) is 0 Å². The molecule has 0 radical (unpaired) electrons. The number of aromatic hydroxyl groups is 1. The highest BCUT2D eigenvalue weighted by atomic mass is 35.5. The zero-order chi connectivity index (χ0) is 12.7. The summed E-state index contributed by atoms with van der Waals surface area (Å²) >= 11 is 3.14. The van der Waals surface area contributed by atoms with Crippen LogP contribution in [0.4, 0.5) is 3.98 Å². The molecule has 88 valence electrons. The maximum atomic E-state index is 10.1. The number of para-hydroxylation sites is 1. The van der Waals surface area contributed by atoms with Gasteiger partial charge in [0.1, 0.15) is 17.7 Å². The van der Waals surface area contributed by atoms with Crippen LogP contribution in [-0.4, -0.2) is 11.4 Å². The van der Waals surface area contributed by atoms with E-state index in [1.807, 2.05) is 27.7 Å². The third kappa shape index (κ3) is 10.8. The second kappa shape index (κ2) is 18.6. The topological polar surface area (TPSA) is 37.3 Å². The Bertz CT molecular complexity index is 230.